The minimum absolute atomic E-state index is 0.0262. The molecule has 0 aliphatic rings. The van der Waals surface area contributed by atoms with Gasteiger partial charge in [-0.2, -0.15) is 8.78 Å². The number of thiophene rings is 1. The summed E-state index contributed by atoms with van der Waals surface area (Å²) in [5.74, 6) is -0.351. The van der Waals surface area contributed by atoms with Crippen molar-refractivity contribution in [1.29, 1.82) is 0 Å². The number of fused-ring (bicyclic) bond motifs is 1. The first-order valence-corrected chi connectivity index (χ1v) is 11.7. The van der Waals surface area contributed by atoms with E-state index in [0.29, 0.717) is 15.0 Å². The molecular formula is C16H18BrF2O4PS2. The SMILES string of the molecule is CCCCSc1cc(C(=O)O)cc2c(Br)c(C(F)(F)P(O)OCC)sc12. The van der Waals surface area contributed by atoms with Crippen LogP contribution < -0.4 is 0 Å². The van der Waals surface area contributed by atoms with Crippen molar-refractivity contribution in [3.63, 3.8) is 0 Å². The first-order valence-electron chi connectivity index (χ1n) is 7.86. The third-order valence-electron chi connectivity index (χ3n) is 3.46. The third-order valence-corrected chi connectivity index (χ3v) is 8.47. The summed E-state index contributed by atoms with van der Waals surface area (Å²) in [5.41, 5.74) is -3.51. The molecule has 4 nitrogen and oxygen atoms in total. The smallest absolute Gasteiger partial charge is 0.349 e. The molecule has 1 heterocycles. The molecule has 144 valence electrons. The summed E-state index contributed by atoms with van der Waals surface area (Å²) in [7, 11) is -2.97. The van der Waals surface area contributed by atoms with E-state index in [4.69, 9.17) is 4.52 Å². The molecule has 0 spiro atoms. The van der Waals surface area contributed by atoms with Gasteiger partial charge >= 0.3 is 11.6 Å². The molecule has 1 aromatic heterocycles. The predicted octanol–water partition coefficient (Wildman–Crippen LogP) is 6.64. The monoisotopic (exact) mass is 486 g/mol. The van der Waals surface area contributed by atoms with Gasteiger partial charge in [-0.3, -0.25) is 0 Å². The number of thioether (sulfide) groups is 1. The van der Waals surface area contributed by atoms with Gasteiger partial charge in [-0.15, -0.1) is 23.1 Å². The van der Waals surface area contributed by atoms with Crippen molar-refractivity contribution in [3.8, 4) is 0 Å². The van der Waals surface area contributed by atoms with E-state index in [1.165, 1.54) is 30.8 Å². The van der Waals surface area contributed by atoms with Gasteiger partial charge in [0.25, 0.3) is 0 Å². The number of hydrogen-bond donors (Lipinski definition) is 2. The molecule has 0 aliphatic heterocycles. The third kappa shape index (κ3) is 4.56. The fourth-order valence-corrected chi connectivity index (χ4v) is 6.70. The second kappa shape index (κ2) is 9.26. The number of benzene rings is 1. The van der Waals surface area contributed by atoms with E-state index in [9.17, 15) is 23.6 Å². The molecule has 1 unspecified atom stereocenters. The molecule has 0 aliphatic carbocycles. The quantitative estimate of drug-likeness (QED) is 0.236. The standard InChI is InChI=1S/C16H18BrF2O4PS2/c1-3-5-6-25-11-8-9(15(20)21)7-10-12(17)14(26-13(10)11)16(18,19)24(22)23-4-2/h7-8,22H,3-6H2,1-2H3,(H,20,21). The Kier molecular flexibility index (Phi) is 7.83. The lowest BCUT2D eigenvalue weighted by Crippen LogP contribution is -2.11. The number of carbonyl (C=O) groups is 1. The van der Waals surface area contributed by atoms with Crippen LogP contribution in [0.25, 0.3) is 10.1 Å². The van der Waals surface area contributed by atoms with Crippen LogP contribution in [0.1, 0.15) is 41.9 Å². The number of unbranched alkanes of at least 4 members (excludes halogenated alkanes) is 1. The Hall–Kier alpha value is -0.310. The van der Waals surface area contributed by atoms with E-state index >= 15 is 0 Å². The van der Waals surface area contributed by atoms with E-state index in [0.717, 1.165) is 29.9 Å². The molecule has 0 fully saturated rings. The van der Waals surface area contributed by atoms with Crippen LogP contribution in [-0.4, -0.2) is 28.3 Å². The van der Waals surface area contributed by atoms with Crippen molar-refractivity contribution < 1.29 is 28.1 Å². The van der Waals surface area contributed by atoms with Crippen LogP contribution >= 0.6 is 47.4 Å². The molecule has 2 rings (SSSR count). The lowest BCUT2D eigenvalue weighted by molar-refractivity contribution is 0.0686. The summed E-state index contributed by atoms with van der Waals surface area (Å²) < 4.78 is 34.7. The maximum absolute atomic E-state index is 14.6. The van der Waals surface area contributed by atoms with Crippen molar-refractivity contribution in [3.05, 3.63) is 27.0 Å². The summed E-state index contributed by atoms with van der Waals surface area (Å²) in [6, 6.07) is 2.89. The highest BCUT2D eigenvalue weighted by Gasteiger charge is 2.46. The maximum Gasteiger partial charge on any atom is 0.349 e. The van der Waals surface area contributed by atoms with Crippen LogP contribution in [0, 0.1) is 0 Å². The Morgan fingerprint density at radius 2 is 2.12 bits per heavy atom. The van der Waals surface area contributed by atoms with E-state index in [-0.39, 0.29) is 21.5 Å². The largest absolute Gasteiger partial charge is 0.478 e. The van der Waals surface area contributed by atoms with Crippen LogP contribution in [-0.2, 0) is 10.2 Å². The van der Waals surface area contributed by atoms with Gasteiger partial charge < -0.3 is 14.5 Å². The fourth-order valence-electron chi connectivity index (χ4n) is 2.18. The Morgan fingerprint density at radius 1 is 1.42 bits per heavy atom. The number of hydrogen-bond acceptors (Lipinski definition) is 5. The van der Waals surface area contributed by atoms with Crippen molar-refractivity contribution >= 4 is 63.5 Å². The first kappa shape index (κ1) is 22.0. The van der Waals surface area contributed by atoms with Crippen molar-refractivity contribution in [1.82, 2.24) is 0 Å². The van der Waals surface area contributed by atoms with Gasteiger partial charge in [0.2, 0.25) is 8.38 Å². The molecule has 0 saturated heterocycles. The Bertz CT molecular complexity index is 800. The van der Waals surface area contributed by atoms with Gasteiger partial charge in [0.1, 0.15) is 0 Å². The normalized spacial score (nSPS) is 13.3. The number of carboxylic acids is 1. The number of rotatable bonds is 9. The van der Waals surface area contributed by atoms with Gasteiger partial charge in [-0.1, -0.05) is 13.3 Å². The van der Waals surface area contributed by atoms with Gasteiger partial charge in [0.15, 0.2) is 0 Å². The van der Waals surface area contributed by atoms with E-state index in [1.807, 2.05) is 6.92 Å². The molecule has 0 amide bonds. The Balaban J connectivity index is 2.60. The molecule has 1 aromatic carbocycles. The Labute approximate surface area is 168 Å². The summed E-state index contributed by atoms with van der Waals surface area (Å²) in [5, 5.41) is 9.74. The van der Waals surface area contributed by atoms with E-state index < -0.39 is 20.0 Å². The summed E-state index contributed by atoms with van der Waals surface area (Å²) in [4.78, 5) is 21.5. The lowest BCUT2D eigenvalue weighted by Gasteiger charge is -2.20. The van der Waals surface area contributed by atoms with Crippen LogP contribution in [0.4, 0.5) is 8.78 Å². The second-order valence-corrected chi connectivity index (χ2v) is 9.65. The number of aromatic carboxylic acids is 1. The minimum atomic E-state index is -3.55. The summed E-state index contributed by atoms with van der Waals surface area (Å²) >= 11 is 5.48. The van der Waals surface area contributed by atoms with E-state index in [1.54, 1.807) is 0 Å². The van der Waals surface area contributed by atoms with Crippen LogP contribution in [0.2, 0.25) is 0 Å². The number of carboxylic acid groups (broad SMARTS) is 1. The molecule has 2 N–H and O–H groups in total. The molecule has 2 aromatic rings. The molecule has 26 heavy (non-hydrogen) atoms. The predicted molar refractivity (Wildman–Crippen MR) is 107 cm³/mol. The summed E-state index contributed by atoms with van der Waals surface area (Å²) in [6.07, 6.45) is 1.92. The topological polar surface area (TPSA) is 66.8 Å². The van der Waals surface area contributed by atoms with Gasteiger partial charge in [-0.05, 0) is 47.2 Å². The molecule has 0 radical (unpaired) electrons. The number of halogens is 3. The minimum Gasteiger partial charge on any atom is -0.478 e. The number of alkyl halides is 2. The fraction of sp³-hybridized carbons (Fsp3) is 0.438. The van der Waals surface area contributed by atoms with Crippen molar-refractivity contribution in [2.75, 3.05) is 12.4 Å². The average Bonchev–Trinajstić information content (AvgIpc) is 2.93. The second-order valence-electron chi connectivity index (χ2n) is 5.34. The Morgan fingerprint density at radius 3 is 2.69 bits per heavy atom. The lowest BCUT2D eigenvalue weighted by atomic mass is 10.1. The summed E-state index contributed by atoms with van der Waals surface area (Å²) in [6.45, 7) is 3.55. The highest BCUT2D eigenvalue weighted by Crippen LogP contribution is 2.61. The zero-order valence-corrected chi connectivity index (χ0v) is 18.2. The van der Waals surface area contributed by atoms with Crippen molar-refractivity contribution in [2.45, 2.75) is 37.2 Å². The van der Waals surface area contributed by atoms with Gasteiger partial charge in [-0.25, -0.2) is 4.79 Å². The highest BCUT2D eigenvalue weighted by atomic mass is 79.9. The van der Waals surface area contributed by atoms with Crippen molar-refractivity contribution in [2.24, 2.45) is 0 Å². The molecular weight excluding hydrogens is 469 g/mol. The molecule has 0 saturated carbocycles. The first-order chi connectivity index (χ1) is 12.2. The molecule has 0 bridgehead atoms. The van der Waals surface area contributed by atoms with E-state index in [2.05, 4.69) is 15.9 Å². The molecule has 10 heteroatoms. The van der Waals surface area contributed by atoms with Crippen LogP contribution in [0.5, 0.6) is 0 Å². The average molecular weight is 487 g/mol. The molecule has 1 atom stereocenters. The zero-order chi connectivity index (χ0) is 19.5. The highest BCUT2D eigenvalue weighted by molar-refractivity contribution is 9.10. The maximum atomic E-state index is 14.6. The van der Waals surface area contributed by atoms with Gasteiger partial charge in [0, 0.05) is 19.5 Å². The zero-order valence-electron chi connectivity index (χ0n) is 14.1. The van der Waals surface area contributed by atoms with Crippen LogP contribution in [0.3, 0.4) is 0 Å². The van der Waals surface area contributed by atoms with Crippen LogP contribution in [0.15, 0.2) is 21.5 Å². The van der Waals surface area contributed by atoms with Gasteiger partial charge in [0.05, 0.1) is 17.0 Å².